The van der Waals surface area contributed by atoms with Crippen LogP contribution in [-0.4, -0.2) is 0 Å². The standard InChI is InChI=1S/C11H8F/c1-8-3-2-4-9-7-10(12)5-6-11(8)9/h2-7H,1H2. The van der Waals surface area contributed by atoms with Crippen LogP contribution in [0.2, 0.25) is 0 Å². The Balaban J connectivity index is 2.86. The molecule has 0 atom stereocenters. The minimum absolute atomic E-state index is 0.201. The van der Waals surface area contributed by atoms with Crippen molar-refractivity contribution in [3.63, 3.8) is 0 Å². The van der Waals surface area contributed by atoms with Crippen molar-refractivity contribution in [1.29, 1.82) is 0 Å². The van der Waals surface area contributed by atoms with E-state index in [0.717, 1.165) is 16.3 Å². The lowest BCUT2D eigenvalue weighted by molar-refractivity contribution is 0.630. The Kier molecular flexibility index (Phi) is 1.58. The first-order valence-corrected chi connectivity index (χ1v) is 3.77. The summed E-state index contributed by atoms with van der Waals surface area (Å²) in [7, 11) is 0. The van der Waals surface area contributed by atoms with Gasteiger partial charge in [0.25, 0.3) is 0 Å². The molecule has 0 heterocycles. The van der Waals surface area contributed by atoms with Crippen LogP contribution < -0.4 is 0 Å². The van der Waals surface area contributed by atoms with Gasteiger partial charge in [-0.25, -0.2) is 4.39 Å². The van der Waals surface area contributed by atoms with Crippen molar-refractivity contribution < 1.29 is 4.39 Å². The summed E-state index contributed by atoms with van der Waals surface area (Å²) in [4.78, 5) is 0. The van der Waals surface area contributed by atoms with Gasteiger partial charge in [-0.15, -0.1) is 0 Å². The van der Waals surface area contributed by atoms with Gasteiger partial charge in [0.15, 0.2) is 0 Å². The molecule has 0 aliphatic rings. The van der Waals surface area contributed by atoms with E-state index < -0.39 is 0 Å². The number of hydrogen-bond acceptors (Lipinski definition) is 0. The van der Waals surface area contributed by atoms with E-state index >= 15 is 0 Å². The monoisotopic (exact) mass is 159 g/mol. The van der Waals surface area contributed by atoms with E-state index in [0.29, 0.717) is 0 Å². The maximum atomic E-state index is 12.7. The molecule has 0 nitrogen and oxygen atoms in total. The van der Waals surface area contributed by atoms with Gasteiger partial charge in [0.1, 0.15) is 5.82 Å². The Hall–Kier alpha value is -1.37. The third kappa shape index (κ3) is 1.07. The largest absolute Gasteiger partial charge is 0.207 e. The van der Waals surface area contributed by atoms with Crippen molar-refractivity contribution >= 4 is 10.8 Å². The molecule has 0 N–H and O–H groups in total. The second-order valence-corrected chi connectivity index (χ2v) is 2.78. The van der Waals surface area contributed by atoms with Crippen molar-refractivity contribution in [1.82, 2.24) is 0 Å². The number of rotatable bonds is 0. The summed E-state index contributed by atoms with van der Waals surface area (Å²) in [6.45, 7) is 3.86. The predicted molar refractivity (Wildman–Crippen MR) is 48.4 cm³/mol. The van der Waals surface area contributed by atoms with E-state index in [1.165, 1.54) is 12.1 Å². The molecule has 0 aromatic heterocycles. The zero-order chi connectivity index (χ0) is 8.55. The first kappa shape index (κ1) is 7.29. The van der Waals surface area contributed by atoms with Crippen molar-refractivity contribution in [2.45, 2.75) is 0 Å². The van der Waals surface area contributed by atoms with Crippen LogP contribution in [-0.2, 0) is 0 Å². The van der Waals surface area contributed by atoms with E-state index in [1.54, 1.807) is 6.07 Å². The van der Waals surface area contributed by atoms with E-state index in [9.17, 15) is 4.39 Å². The Labute approximate surface area is 70.6 Å². The lowest BCUT2D eigenvalue weighted by Gasteiger charge is -2.00. The normalized spacial score (nSPS) is 10.5. The molecule has 2 rings (SSSR count). The van der Waals surface area contributed by atoms with Crippen LogP contribution in [0.15, 0.2) is 36.4 Å². The molecule has 0 spiro atoms. The van der Waals surface area contributed by atoms with Crippen LogP contribution in [0.25, 0.3) is 10.8 Å². The molecule has 1 radical (unpaired) electrons. The third-order valence-electron chi connectivity index (χ3n) is 1.93. The molecule has 59 valence electrons. The maximum absolute atomic E-state index is 12.7. The minimum atomic E-state index is -0.201. The molecule has 0 bridgehead atoms. The van der Waals surface area contributed by atoms with Crippen LogP contribution in [0, 0.1) is 12.7 Å². The molecule has 2 aromatic carbocycles. The molecule has 0 fully saturated rings. The number of fused-ring (bicyclic) bond motifs is 1. The number of hydrogen-bond donors (Lipinski definition) is 0. The molecular formula is C11H8F. The van der Waals surface area contributed by atoms with Crippen molar-refractivity contribution in [2.24, 2.45) is 0 Å². The molecule has 0 unspecified atom stereocenters. The molecule has 0 amide bonds. The Morgan fingerprint density at radius 3 is 2.75 bits per heavy atom. The van der Waals surface area contributed by atoms with Crippen LogP contribution in [0.1, 0.15) is 5.56 Å². The second kappa shape index (κ2) is 2.59. The quantitative estimate of drug-likeness (QED) is 0.554. The molecule has 0 aliphatic carbocycles. The first-order valence-electron chi connectivity index (χ1n) is 3.77. The Morgan fingerprint density at radius 2 is 1.92 bits per heavy atom. The highest BCUT2D eigenvalue weighted by Crippen LogP contribution is 2.18. The lowest BCUT2D eigenvalue weighted by Crippen LogP contribution is -1.79. The zero-order valence-corrected chi connectivity index (χ0v) is 6.55. The fourth-order valence-electron chi connectivity index (χ4n) is 1.32. The van der Waals surface area contributed by atoms with E-state index in [2.05, 4.69) is 6.92 Å². The van der Waals surface area contributed by atoms with Crippen molar-refractivity contribution in [2.75, 3.05) is 0 Å². The molecule has 0 saturated heterocycles. The SMILES string of the molecule is [CH2]c1cccc2cc(F)ccc12. The highest BCUT2D eigenvalue weighted by molar-refractivity contribution is 5.86. The van der Waals surface area contributed by atoms with Gasteiger partial charge in [0.05, 0.1) is 0 Å². The van der Waals surface area contributed by atoms with Gasteiger partial charge in [-0.05, 0) is 35.4 Å². The smallest absolute Gasteiger partial charge is 0.123 e. The van der Waals surface area contributed by atoms with Gasteiger partial charge in [0.2, 0.25) is 0 Å². The summed E-state index contributed by atoms with van der Waals surface area (Å²) < 4.78 is 12.7. The second-order valence-electron chi connectivity index (χ2n) is 2.78. The van der Waals surface area contributed by atoms with Gasteiger partial charge in [-0.2, -0.15) is 0 Å². The van der Waals surface area contributed by atoms with Crippen molar-refractivity contribution in [3.8, 4) is 0 Å². The van der Waals surface area contributed by atoms with Gasteiger partial charge in [-0.3, -0.25) is 0 Å². The average molecular weight is 159 g/mol. The van der Waals surface area contributed by atoms with Gasteiger partial charge in [0, 0.05) is 0 Å². The topological polar surface area (TPSA) is 0 Å². The summed E-state index contributed by atoms with van der Waals surface area (Å²) in [6.07, 6.45) is 0. The van der Waals surface area contributed by atoms with E-state index in [1.807, 2.05) is 18.2 Å². The molecule has 2 aromatic rings. The summed E-state index contributed by atoms with van der Waals surface area (Å²) >= 11 is 0. The first-order chi connectivity index (χ1) is 5.77. The van der Waals surface area contributed by atoms with Gasteiger partial charge in [-0.1, -0.05) is 24.3 Å². The highest BCUT2D eigenvalue weighted by Gasteiger charge is 1.96. The van der Waals surface area contributed by atoms with E-state index in [-0.39, 0.29) is 5.82 Å². The predicted octanol–water partition coefficient (Wildman–Crippen LogP) is 3.16. The zero-order valence-electron chi connectivity index (χ0n) is 6.55. The van der Waals surface area contributed by atoms with Crippen LogP contribution in [0.4, 0.5) is 4.39 Å². The summed E-state index contributed by atoms with van der Waals surface area (Å²) in [6, 6.07) is 10.4. The van der Waals surface area contributed by atoms with Crippen molar-refractivity contribution in [3.05, 3.63) is 54.7 Å². The molecular weight excluding hydrogens is 151 g/mol. The summed E-state index contributed by atoms with van der Waals surface area (Å²) in [5, 5.41) is 1.92. The Morgan fingerprint density at radius 1 is 1.08 bits per heavy atom. The minimum Gasteiger partial charge on any atom is -0.207 e. The molecule has 1 heteroatoms. The summed E-state index contributed by atoms with van der Waals surface area (Å²) in [5.41, 5.74) is 0.938. The fraction of sp³-hybridized carbons (Fsp3) is 0. The molecule has 0 saturated carbocycles. The lowest BCUT2D eigenvalue weighted by atomic mass is 10.1. The number of halogens is 1. The van der Waals surface area contributed by atoms with Crippen LogP contribution in [0.5, 0.6) is 0 Å². The maximum Gasteiger partial charge on any atom is 0.123 e. The third-order valence-corrected chi connectivity index (χ3v) is 1.93. The Bertz CT molecular complexity index is 418. The highest BCUT2D eigenvalue weighted by atomic mass is 19.1. The number of benzene rings is 2. The summed E-state index contributed by atoms with van der Waals surface area (Å²) in [5.74, 6) is -0.201. The average Bonchev–Trinajstić information content (AvgIpc) is 2.04. The van der Waals surface area contributed by atoms with Gasteiger partial charge < -0.3 is 0 Å². The van der Waals surface area contributed by atoms with Gasteiger partial charge >= 0.3 is 0 Å². The molecule has 12 heavy (non-hydrogen) atoms. The molecule has 0 aliphatic heterocycles. The van der Waals surface area contributed by atoms with Crippen LogP contribution >= 0.6 is 0 Å². The fourth-order valence-corrected chi connectivity index (χ4v) is 1.32. The van der Waals surface area contributed by atoms with Crippen LogP contribution in [0.3, 0.4) is 0 Å². The van der Waals surface area contributed by atoms with E-state index in [4.69, 9.17) is 0 Å².